The van der Waals surface area contributed by atoms with Crippen molar-refractivity contribution in [3.63, 3.8) is 0 Å². The van der Waals surface area contributed by atoms with Gasteiger partial charge >= 0.3 is 6.09 Å². The van der Waals surface area contributed by atoms with Crippen LogP contribution in [0.25, 0.3) is 0 Å². The molecule has 116 valence electrons. The Bertz CT molecular complexity index is 488. The summed E-state index contributed by atoms with van der Waals surface area (Å²) in [6.07, 6.45) is 1.23. The van der Waals surface area contributed by atoms with Crippen LogP contribution in [0.1, 0.15) is 20.8 Å². The summed E-state index contributed by atoms with van der Waals surface area (Å²) in [6, 6.07) is 3.67. The second-order valence-corrected chi connectivity index (χ2v) is 6.50. The summed E-state index contributed by atoms with van der Waals surface area (Å²) in [4.78, 5) is 15.5. The van der Waals surface area contributed by atoms with E-state index < -0.39 is 11.7 Å². The summed E-state index contributed by atoms with van der Waals surface area (Å²) < 4.78 is 6.01. The van der Waals surface area contributed by atoms with Gasteiger partial charge in [0.1, 0.15) is 11.4 Å². The van der Waals surface area contributed by atoms with Crippen molar-refractivity contribution in [2.75, 3.05) is 18.4 Å². The van der Waals surface area contributed by atoms with Crippen LogP contribution in [-0.4, -0.2) is 34.9 Å². The maximum absolute atomic E-state index is 11.4. The second kappa shape index (κ2) is 8.14. The van der Waals surface area contributed by atoms with Crippen molar-refractivity contribution in [2.24, 2.45) is 0 Å². The molecule has 1 aromatic rings. The Morgan fingerprint density at radius 3 is 2.57 bits per heavy atom. The first-order valence-corrected chi connectivity index (χ1v) is 7.59. The van der Waals surface area contributed by atoms with Gasteiger partial charge in [0.15, 0.2) is 5.11 Å². The zero-order valence-corrected chi connectivity index (χ0v) is 14.6. The number of hydrogen-bond donors (Lipinski definition) is 3. The van der Waals surface area contributed by atoms with E-state index in [1.807, 2.05) is 26.8 Å². The molecule has 1 rings (SSSR count). The SMILES string of the molecule is CC(C)(C)OC(=O)NCCNC(=S)Nc1ccc(Br)cn1. The Hall–Kier alpha value is -1.41. The van der Waals surface area contributed by atoms with Crippen LogP contribution in [0.5, 0.6) is 0 Å². The molecular weight excluding hydrogens is 356 g/mol. The van der Waals surface area contributed by atoms with Gasteiger partial charge in [-0.3, -0.25) is 0 Å². The summed E-state index contributed by atoms with van der Waals surface area (Å²) in [6.45, 7) is 6.34. The molecule has 0 aliphatic heterocycles. The molecule has 0 fully saturated rings. The van der Waals surface area contributed by atoms with Gasteiger partial charge in [-0.2, -0.15) is 0 Å². The molecule has 0 aliphatic carbocycles. The number of anilines is 1. The van der Waals surface area contributed by atoms with Crippen molar-refractivity contribution in [1.29, 1.82) is 0 Å². The molecule has 0 atom stereocenters. The van der Waals surface area contributed by atoms with Gasteiger partial charge in [0.2, 0.25) is 0 Å². The molecule has 6 nitrogen and oxygen atoms in total. The number of ether oxygens (including phenoxy) is 1. The molecule has 0 aliphatic rings. The molecule has 0 radical (unpaired) electrons. The van der Waals surface area contributed by atoms with Crippen molar-refractivity contribution in [2.45, 2.75) is 26.4 Å². The molecule has 1 aromatic heterocycles. The Labute approximate surface area is 138 Å². The standard InChI is InChI=1S/C13H19BrN4O2S/c1-13(2,3)20-12(19)16-7-6-15-11(21)18-10-5-4-9(14)8-17-10/h4-5,8H,6-7H2,1-3H3,(H,16,19)(H2,15,17,18,21). The van der Waals surface area contributed by atoms with Gasteiger partial charge in [-0.25, -0.2) is 9.78 Å². The van der Waals surface area contributed by atoms with Gasteiger partial charge in [0, 0.05) is 23.8 Å². The summed E-state index contributed by atoms with van der Waals surface area (Å²) >= 11 is 8.42. The van der Waals surface area contributed by atoms with E-state index in [0.717, 1.165) is 4.47 Å². The molecule has 0 aromatic carbocycles. The summed E-state index contributed by atoms with van der Waals surface area (Å²) in [5.41, 5.74) is -0.498. The molecule has 0 bridgehead atoms. The normalized spacial score (nSPS) is 10.7. The largest absolute Gasteiger partial charge is 0.444 e. The van der Waals surface area contributed by atoms with Gasteiger partial charge in [-0.05, 0) is 61.1 Å². The second-order valence-electron chi connectivity index (χ2n) is 5.17. The number of amides is 1. The summed E-state index contributed by atoms with van der Waals surface area (Å²) in [7, 11) is 0. The van der Waals surface area contributed by atoms with Crippen LogP contribution < -0.4 is 16.0 Å². The molecule has 1 amide bonds. The third kappa shape index (κ3) is 8.46. The van der Waals surface area contributed by atoms with E-state index in [0.29, 0.717) is 24.0 Å². The number of carbonyl (C=O) groups is 1. The highest BCUT2D eigenvalue weighted by atomic mass is 79.9. The first-order valence-electron chi connectivity index (χ1n) is 6.39. The molecule has 1 heterocycles. The quantitative estimate of drug-likeness (QED) is 0.555. The third-order valence-corrected chi connectivity index (χ3v) is 2.76. The van der Waals surface area contributed by atoms with Gasteiger partial charge in [-0.15, -0.1) is 0 Å². The topological polar surface area (TPSA) is 75.3 Å². The zero-order chi connectivity index (χ0) is 15.9. The molecule has 8 heteroatoms. The average molecular weight is 375 g/mol. The maximum atomic E-state index is 11.4. The van der Waals surface area contributed by atoms with Crippen molar-refractivity contribution >= 4 is 45.2 Å². The predicted octanol–water partition coefficient (Wildman–Crippen LogP) is 2.66. The van der Waals surface area contributed by atoms with Crippen molar-refractivity contribution in [1.82, 2.24) is 15.6 Å². The number of halogens is 1. The maximum Gasteiger partial charge on any atom is 0.407 e. The fourth-order valence-electron chi connectivity index (χ4n) is 1.27. The Kier molecular flexibility index (Phi) is 6.83. The fraction of sp³-hybridized carbons (Fsp3) is 0.462. The third-order valence-electron chi connectivity index (χ3n) is 2.05. The molecule has 0 spiro atoms. The van der Waals surface area contributed by atoms with Crippen molar-refractivity contribution in [3.8, 4) is 0 Å². The Morgan fingerprint density at radius 1 is 1.33 bits per heavy atom. The minimum atomic E-state index is -0.498. The molecular formula is C13H19BrN4O2S. The van der Waals surface area contributed by atoms with E-state index in [-0.39, 0.29) is 0 Å². The number of alkyl carbamates (subject to hydrolysis) is 1. The van der Waals surface area contributed by atoms with Crippen molar-refractivity contribution in [3.05, 3.63) is 22.8 Å². The number of rotatable bonds is 4. The molecule has 21 heavy (non-hydrogen) atoms. The minimum Gasteiger partial charge on any atom is -0.444 e. The van der Waals surface area contributed by atoms with E-state index in [1.54, 1.807) is 12.3 Å². The van der Waals surface area contributed by atoms with E-state index >= 15 is 0 Å². The number of pyridine rings is 1. The van der Waals surface area contributed by atoms with E-state index in [2.05, 4.69) is 36.9 Å². The van der Waals surface area contributed by atoms with Crippen LogP contribution in [0.15, 0.2) is 22.8 Å². The van der Waals surface area contributed by atoms with Gasteiger partial charge in [0.25, 0.3) is 0 Å². The average Bonchev–Trinajstić information content (AvgIpc) is 2.35. The number of nitrogens with one attached hydrogen (secondary N) is 3. The van der Waals surface area contributed by atoms with E-state index in [9.17, 15) is 4.79 Å². The first kappa shape index (κ1) is 17.6. The Balaban J connectivity index is 2.19. The number of carbonyl (C=O) groups excluding carboxylic acids is 1. The molecule has 0 unspecified atom stereocenters. The molecule has 0 saturated carbocycles. The summed E-state index contributed by atoms with van der Waals surface area (Å²) in [5, 5.41) is 8.98. The highest BCUT2D eigenvalue weighted by molar-refractivity contribution is 9.10. The minimum absolute atomic E-state index is 0.407. The number of aromatic nitrogens is 1. The van der Waals surface area contributed by atoms with Crippen LogP contribution in [0.2, 0.25) is 0 Å². The number of thiocarbonyl (C=S) groups is 1. The predicted molar refractivity (Wildman–Crippen MR) is 90.4 cm³/mol. The van der Waals surface area contributed by atoms with Crippen LogP contribution in [0.4, 0.5) is 10.6 Å². The van der Waals surface area contributed by atoms with Crippen molar-refractivity contribution < 1.29 is 9.53 Å². The van der Waals surface area contributed by atoms with E-state index in [1.165, 1.54) is 0 Å². The van der Waals surface area contributed by atoms with Crippen LogP contribution in [0.3, 0.4) is 0 Å². The lowest BCUT2D eigenvalue weighted by molar-refractivity contribution is 0.0529. The number of nitrogens with zero attached hydrogens (tertiary/aromatic N) is 1. The highest BCUT2D eigenvalue weighted by Gasteiger charge is 2.15. The number of hydrogen-bond acceptors (Lipinski definition) is 4. The lowest BCUT2D eigenvalue weighted by Gasteiger charge is -2.19. The fourth-order valence-corrected chi connectivity index (χ4v) is 1.71. The molecule has 3 N–H and O–H groups in total. The van der Waals surface area contributed by atoms with E-state index in [4.69, 9.17) is 17.0 Å². The first-order chi connectivity index (χ1) is 9.76. The van der Waals surface area contributed by atoms with Gasteiger partial charge in [-0.1, -0.05) is 0 Å². The van der Waals surface area contributed by atoms with Gasteiger partial charge < -0.3 is 20.7 Å². The monoisotopic (exact) mass is 374 g/mol. The Morgan fingerprint density at radius 2 is 2.00 bits per heavy atom. The van der Waals surface area contributed by atoms with Crippen LogP contribution in [0, 0.1) is 0 Å². The molecule has 0 saturated heterocycles. The van der Waals surface area contributed by atoms with Crippen LogP contribution >= 0.6 is 28.1 Å². The highest BCUT2D eigenvalue weighted by Crippen LogP contribution is 2.10. The van der Waals surface area contributed by atoms with Crippen LogP contribution in [-0.2, 0) is 4.74 Å². The summed E-state index contributed by atoms with van der Waals surface area (Å²) in [5.74, 6) is 0.649. The van der Waals surface area contributed by atoms with Gasteiger partial charge in [0.05, 0.1) is 0 Å². The zero-order valence-electron chi connectivity index (χ0n) is 12.2. The lowest BCUT2D eigenvalue weighted by Crippen LogP contribution is -2.39. The lowest BCUT2D eigenvalue weighted by atomic mass is 10.2. The smallest absolute Gasteiger partial charge is 0.407 e.